The molecule has 0 aliphatic heterocycles. The van der Waals surface area contributed by atoms with Crippen LogP contribution in [0.4, 0.5) is 0 Å². The smallest absolute Gasteiger partial charge is 0.220 e. The Hall–Kier alpha value is -1.37. The molecule has 19 heavy (non-hydrogen) atoms. The Labute approximate surface area is 121 Å². The minimum Gasteiger partial charge on any atom is -0.462 e. The van der Waals surface area contributed by atoms with Crippen molar-refractivity contribution in [1.82, 2.24) is 10.3 Å². The minimum absolute atomic E-state index is 0. The van der Waals surface area contributed by atoms with Crippen molar-refractivity contribution >= 4 is 29.7 Å². The average molecular weight is 302 g/mol. The molecule has 0 aliphatic carbocycles. The Morgan fingerprint density at radius 1 is 1.53 bits per heavy atom. The molecular weight excluding hydrogens is 286 g/mol. The summed E-state index contributed by atoms with van der Waals surface area (Å²) < 4.78 is 5.26. The normalized spacial score (nSPS) is 9.95. The number of thiazole rings is 1. The molecule has 3 N–H and O–H groups in total. The zero-order valence-corrected chi connectivity index (χ0v) is 11.9. The van der Waals surface area contributed by atoms with Crippen molar-refractivity contribution in [3.05, 3.63) is 29.5 Å². The van der Waals surface area contributed by atoms with Crippen LogP contribution in [-0.4, -0.2) is 17.4 Å². The largest absolute Gasteiger partial charge is 0.462 e. The number of hydrogen-bond acceptors (Lipinski definition) is 5. The number of carbonyl (C=O) groups excluding carboxylic acids is 1. The van der Waals surface area contributed by atoms with Gasteiger partial charge in [0.05, 0.1) is 18.5 Å². The number of rotatable bonds is 6. The highest BCUT2D eigenvalue weighted by Gasteiger charge is 2.07. The maximum atomic E-state index is 11.4. The fraction of sp³-hybridized carbons (Fsp3) is 0.333. The standard InChI is InChI=1S/C12H15N3O2S.ClH/c13-5-1-4-11(16)14-7-9-8-18-12(15-9)10-3-2-6-17-10;/h2-3,6,8H,1,4-5,7,13H2,(H,14,16);1H. The van der Waals surface area contributed by atoms with Crippen LogP contribution in [0.15, 0.2) is 28.2 Å². The lowest BCUT2D eigenvalue weighted by Crippen LogP contribution is -2.23. The molecule has 5 nitrogen and oxygen atoms in total. The van der Waals surface area contributed by atoms with Crippen molar-refractivity contribution in [3.8, 4) is 10.8 Å². The molecule has 2 aromatic heterocycles. The predicted molar refractivity (Wildman–Crippen MR) is 77.2 cm³/mol. The monoisotopic (exact) mass is 301 g/mol. The predicted octanol–water partition coefficient (Wildman–Crippen LogP) is 2.18. The van der Waals surface area contributed by atoms with Crippen molar-refractivity contribution in [2.75, 3.05) is 6.54 Å². The molecule has 0 spiro atoms. The van der Waals surface area contributed by atoms with Crippen molar-refractivity contribution in [2.45, 2.75) is 19.4 Å². The van der Waals surface area contributed by atoms with E-state index in [1.165, 1.54) is 11.3 Å². The highest BCUT2D eigenvalue weighted by Crippen LogP contribution is 2.23. The number of halogens is 1. The summed E-state index contributed by atoms with van der Waals surface area (Å²) in [4.78, 5) is 15.8. The molecule has 0 aliphatic rings. The van der Waals surface area contributed by atoms with Gasteiger partial charge >= 0.3 is 0 Å². The summed E-state index contributed by atoms with van der Waals surface area (Å²) in [5.41, 5.74) is 6.18. The number of amides is 1. The summed E-state index contributed by atoms with van der Waals surface area (Å²) in [6, 6.07) is 3.69. The number of nitrogens with two attached hydrogens (primary N) is 1. The first kappa shape index (κ1) is 15.7. The molecule has 0 unspecified atom stereocenters. The van der Waals surface area contributed by atoms with E-state index in [2.05, 4.69) is 10.3 Å². The van der Waals surface area contributed by atoms with Gasteiger partial charge in [0.15, 0.2) is 10.8 Å². The molecule has 1 amide bonds. The molecule has 2 heterocycles. The maximum absolute atomic E-state index is 11.4. The summed E-state index contributed by atoms with van der Waals surface area (Å²) in [6.07, 6.45) is 2.79. The molecule has 104 valence electrons. The summed E-state index contributed by atoms with van der Waals surface area (Å²) >= 11 is 1.50. The van der Waals surface area contributed by atoms with Crippen LogP contribution >= 0.6 is 23.7 Å². The lowest BCUT2D eigenvalue weighted by molar-refractivity contribution is -0.121. The number of furan rings is 1. The van der Waals surface area contributed by atoms with Gasteiger partial charge in [-0.1, -0.05) is 0 Å². The molecule has 0 fully saturated rings. The van der Waals surface area contributed by atoms with Crippen LogP contribution in [0, 0.1) is 0 Å². The van der Waals surface area contributed by atoms with Crippen LogP contribution < -0.4 is 11.1 Å². The number of nitrogens with zero attached hydrogens (tertiary/aromatic N) is 1. The summed E-state index contributed by atoms with van der Waals surface area (Å²) in [6.45, 7) is 0.980. The summed E-state index contributed by atoms with van der Waals surface area (Å²) in [7, 11) is 0. The van der Waals surface area contributed by atoms with E-state index >= 15 is 0 Å². The van der Waals surface area contributed by atoms with Gasteiger partial charge in [0.25, 0.3) is 0 Å². The number of aromatic nitrogens is 1. The fourth-order valence-electron chi connectivity index (χ4n) is 1.44. The van der Waals surface area contributed by atoms with E-state index in [1.54, 1.807) is 6.26 Å². The van der Waals surface area contributed by atoms with Crippen LogP contribution in [0.2, 0.25) is 0 Å². The lowest BCUT2D eigenvalue weighted by Gasteiger charge is -2.01. The van der Waals surface area contributed by atoms with E-state index < -0.39 is 0 Å². The van der Waals surface area contributed by atoms with Crippen molar-refractivity contribution < 1.29 is 9.21 Å². The van der Waals surface area contributed by atoms with Gasteiger partial charge in [-0.15, -0.1) is 23.7 Å². The van der Waals surface area contributed by atoms with Gasteiger partial charge in [-0.3, -0.25) is 4.79 Å². The molecule has 0 bridgehead atoms. The minimum atomic E-state index is 0. The zero-order valence-electron chi connectivity index (χ0n) is 10.3. The third-order valence-corrected chi connectivity index (χ3v) is 3.26. The van der Waals surface area contributed by atoms with Gasteiger partial charge in [-0.05, 0) is 25.1 Å². The van der Waals surface area contributed by atoms with E-state index in [9.17, 15) is 4.79 Å². The third-order valence-electron chi connectivity index (χ3n) is 2.36. The quantitative estimate of drug-likeness (QED) is 0.857. The van der Waals surface area contributed by atoms with Gasteiger partial charge in [0, 0.05) is 11.8 Å². The molecule has 0 atom stereocenters. The number of carbonyl (C=O) groups is 1. The van der Waals surface area contributed by atoms with E-state index in [-0.39, 0.29) is 18.3 Å². The molecular formula is C12H16ClN3O2S. The summed E-state index contributed by atoms with van der Waals surface area (Å²) in [5, 5.41) is 5.55. The molecule has 0 radical (unpaired) electrons. The van der Waals surface area contributed by atoms with Gasteiger partial charge in [0.1, 0.15) is 0 Å². The van der Waals surface area contributed by atoms with Crippen molar-refractivity contribution in [2.24, 2.45) is 5.73 Å². The van der Waals surface area contributed by atoms with Gasteiger partial charge < -0.3 is 15.5 Å². The molecule has 2 aromatic rings. The highest BCUT2D eigenvalue weighted by atomic mass is 35.5. The Bertz CT molecular complexity index is 499. The number of nitrogens with one attached hydrogen (secondary N) is 1. The molecule has 2 rings (SSSR count). The molecule has 0 aromatic carbocycles. The molecule has 0 saturated carbocycles. The second-order valence-electron chi connectivity index (χ2n) is 3.79. The van der Waals surface area contributed by atoms with Crippen LogP contribution in [0.25, 0.3) is 10.8 Å². The van der Waals surface area contributed by atoms with Gasteiger partial charge in [0.2, 0.25) is 5.91 Å². The van der Waals surface area contributed by atoms with Crippen LogP contribution in [0.3, 0.4) is 0 Å². The van der Waals surface area contributed by atoms with Crippen LogP contribution in [0.5, 0.6) is 0 Å². The van der Waals surface area contributed by atoms with Gasteiger partial charge in [-0.2, -0.15) is 0 Å². The third kappa shape index (κ3) is 4.66. The Balaban J connectivity index is 0.00000180. The maximum Gasteiger partial charge on any atom is 0.220 e. The van der Waals surface area contributed by atoms with Gasteiger partial charge in [-0.25, -0.2) is 4.98 Å². The molecule has 0 saturated heterocycles. The van der Waals surface area contributed by atoms with Crippen molar-refractivity contribution in [1.29, 1.82) is 0 Å². The van der Waals surface area contributed by atoms with E-state index in [1.807, 2.05) is 17.5 Å². The average Bonchev–Trinajstić information content (AvgIpc) is 3.03. The van der Waals surface area contributed by atoms with Crippen LogP contribution in [-0.2, 0) is 11.3 Å². The number of hydrogen-bond donors (Lipinski definition) is 2. The second-order valence-corrected chi connectivity index (χ2v) is 4.65. The first-order valence-electron chi connectivity index (χ1n) is 5.74. The Morgan fingerprint density at radius 2 is 2.37 bits per heavy atom. The topological polar surface area (TPSA) is 81.2 Å². The Kier molecular flexibility index (Phi) is 6.55. The first-order chi connectivity index (χ1) is 8.79. The second kappa shape index (κ2) is 7.93. The first-order valence-corrected chi connectivity index (χ1v) is 6.62. The summed E-state index contributed by atoms with van der Waals surface area (Å²) in [5.74, 6) is 0.758. The van der Waals surface area contributed by atoms with Crippen molar-refractivity contribution in [3.63, 3.8) is 0 Å². The van der Waals surface area contributed by atoms with Crippen LogP contribution in [0.1, 0.15) is 18.5 Å². The van der Waals surface area contributed by atoms with E-state index in [0.29, 0.717) is 25.9 Å². The fourth-order valence-corrected chi connectivity index (χ4v) is 2.23. The Morgan fingerprint density at radius 3 is 3.05 bits per heavy atom. The SMILES string of the molecule is Cl.NCCCC(=O)NCc1csc(-c2ccco2)n1. The highest BCUT2D eigenvalue weighted by molar-refractivity contribution is 7.13. The lowest BCUT2D eigenvalue weighted by atomic mass is 10.3. The van der Waals surface area contributed by atoms with E-state index in [4.69, 9.17) is 10.2 Å². The van der Waals surface area contributed by atoms with E-state index in [0.717, 1.165) is 16.5 Å². The zero-order chi connectivity index (χ0) is 12.8. The molecule has 7 heteroatoms.